The molecule has 2 fully saturated rings. The van der Waals surface area contributed by atoms with E-state index in [1.54, 1.807) is 0 Å². The van der Waals surface area contributed by atoms with Gasteiger partial charge in [-0.3, -0.25) is 0 Å². The summed E-state index contributed by atoms with van der Waals surface area (Å²) in [7, 11) is 0. The fourth-order valence-electron chi connectivity index (χ4n) is 4.36. The van der Waals surface area contributed by atoms with Gasteiger partial charge in [-0.25, -0.2) is 9.97 Å². The van der Waals surface area contributed by atoms with E-state index in [1.807, 2.05) is 18.0 Å². The van der Waals surface area contributed by atoms with Crippen LogP contribution in [0.2, 0.25) is 0 Å². The van der Waals surface area contributed by atoms with Gasteiger partial charge in [0, 0.05) is 67.9 Å². The van der Waals surface area contributed by atoms with E-state index in [0.717, 1.165) is 68.7 Å². The van der Waals surface area contributed by atoms with Crippen LogP contribution < -0.4 is 9.80 Å². The van der Waals surface area contributed by atoms with Gasteiger partial charge < -0.3 is 14.7 Å². The first-order valence-electron chi connectivity index (χ1n) is 11.0. The Hall–Kier alpha value is -2.31. The highest BCUT2D eigenvalue weighted by Gasteiger charge is 2.20. The van der Waals surface area contributed by atoms with Crippen molar-refractivity contribution in [1.29, 1.82) is 0 Å². The molecule has 2 aliphatic rings. The number of rotatable bonds is 4. The van der Waals surface area contributed by atoms with Gasteiger partial charge in [0.2, 0.25) is 0 Å². The van der Waals surface area contributed by atoms with Crippen LogP contribution in [0.3, 0.4) is 0 Å². The predicted molar refractivity (Wildman–Crippen MR) is 129 cm³/mol. The van der Waals surface area contributed by atoms with E-state index >= 15 is 0 Å². The Balaban J connectivity index is 1.47. The molecular formula is C24H29N5S. The van der Waals surface area contributed by atoms with E-state index in [-0.39, 0.29) is 0 Å². The molecule has 0 spiro atoms. The Labute approximate surface area is 183 Å². The maximum absolute atomic E-state index is 5.14. The number of thioether (sulfide) groups is 1. The van der Waals surface area contributed by atoms with Crippen molar-refractivity contribution in [3.8, 4) is 11.3 Å². The second-order valence-electron chi connectivity index (χ2n) is 7.98. The van der Waals surface area contributed by atoms with Gasteiger partial charge in [0.15, 0.2) is 0 Å². The van der Waals surface area contributed by atoms with Gasteiger partial charge in [0.05, 0.1) is 5.69 Å². The van der Waals surface area contributed by atoms with Crippen molar-refractivity contribution in [2.45, 2.75) is 6.92 Å². The van der Waals surface area contributed by atoms with Crippen LogP contribution in [0.4, 0.5) is 11.6 Å². The van der Waals surface area contributed by atoms with Crippen LogP contribution in [0.1, 0.15) is 6.92 Å². The smallest absolute Gasteiger partial charge is 0.137 e. The van der Waals surface area contributed by atoms with Crippen molar-refractivity contribution < 1.29 is 0 Å². The Morgan fingerprint density at radius 1 is 0.900 bits per heavy atom. The van der Waals surface area contributed by atoms with Crippen LogP contribution in [0.25, 0.3) is 22.0 Å². The van der Waals surface area contributed by atoms with E-state index in [9.17, 15) is 0 Å². The first-order valence-corrected chi connectivity index (χ1v) is 12.1. The van der Waals surface area contributed by atoms with Crippen molar-refractivity contribution in [2.24, 2.45) is 0 Å². The quantitative estimate of drug-likeness (QED) is 0.636. The molecule has 0 aliphatic carbocycles. The molecule has 0 atom stereocenters. The summed E-state index contributed by atoms with van der Waals surface area (Å²) in [4.78, 5) is 17.3. The third-order valence-electron chi connectivity index (χ3n) is 6.22. The number of aromatic nitrogens is 2. The van der Waals surface area contributed by atoms with Crippen molar-refractivity contribution in [3.05, 3.63) is 48.7 Å². The predicted octanol–water partition coefficient (Wildman–Crippen LogP) is 3.99. The zero-order valence-electron chi connectivity index (χ0n) is 17.6. The molecule has 0 saturated carbocycles. The van der Waals surface area contributed by atoms with Gasteiger partial charge in [0.25, 0.3) is 0 Å². The molecule has 2 saturated heterocycles. The summed E-state index contributed by atoms with van der Waals surface area (Å²) in [5, 5.41) is 2.48. The minimum Gasteiger partial charge on any atom is -0.355 e. The molecule has 0 radical (unpaired) electrons. The normalized spacial score (nSPS) is 18.2. The minimum absolute atomic E-state index is 1.01. The monoisotopic (exact) mass is 419 g/mol. The summed E-state index contributed by atoms with van der Waals surface area (Å²) in [5.74, 6) is 4.56. The fourth-order valence-corrected chi connectivity index (χ4v) is 5.27. The molecule has 2 aromatic heterocycles. The van der Waals surface area contributed by atoms with Crippen molar-refractivity contribution in [1.82, 2.24) is 14.9 Å². The van der Waals surface area contributed by atoms with Crippen LogP contribution in [-0.4, -0.2) is 72.2 Å². The molecule has 156 valence electrons. The van der Waals surface area contributed by atoms with Crippen molar-refractivity contribution in [3.63, 3.8) is 0 Å². The molecule has 1 aromatic carbocycles. The molecule has 3 aromatic rings. The maximum atomic E-state index is 5.14. The van der Waals surface area contributed by atoms with Crippen LogP contribution in [0, 0.1) is 0 Å². The van der Waals surface area contributed by atoms with Crippen LogP contribution >= 0.6 is 11.8 Å². The highest BCUT2D eigenvalue weighted by atomic mass is 32.2. The van der Waals surface area contributed by atoms with Gasteiger partial charge in [-0.2, -0.15) is 11.8 Å². The summed E-state index contributed by atoms with van der Waals surface area (Å²) in [6.45, 7) is 9.77. The largest absolute Gasteiger partial charge is 0.355 e. The number of benzene rings is 1. The van der Waals surface area contributed by atoms with E-state index in [1.165, 1.54) is 22.3 Å². The number of pyridine rings is 2. The highest BCUT2D eigenvalue weighted by molar-refractivity contribution is 7.99. The van der Waals surface area contributed by atoms with Crippen LogP contribution in [0.5, 0.6) is 0 Å². The average Bonchev–Trinajstić information content (AvgIpc) is 2.84. The molecule has 0 amide bonds. The topological polar surface area (TPSA) is 35.5 Å². The van der Waals surface area contributed by atoms with Gasteiger partial charge in [-0.15, -0.1) is 0 Å². The molecule has 0 bridgehead atoms. The zero-order chi connectivity index (χ0) is 20.3. The number of hydrogen-bond acceptors (Lipinski definition) is 6. The molecule has 4 heterocycles. The summed E-state index contributed by atoms with van der Waals surface area (Å²) in [6, 6.07) is 15.2. The second-order valence-corrected chi connectivity index (χ2v) is 9.20. The Morgan fingerprint density at radius 3 is 2.43 bits per heavy atom. The summed E-state index contributed by atoms with van der Waals surface area (Å²) >= 11 is 2.02. The van der Waals surface area contributed by atoms with Crippen LogP contribution in [-0.2, 0) is 0 Å². The number of anilines is 2. The standard InChI is InChI=1S/C24H29N5S/c1-2-27-9-11-29(12-10-27)24-21-6-4-3-5-19(21)17-22(26-24)20-7-8-23(25-18-20)28-13-15-30-16-14-28/h3-8,17-18H,2,9-16H2,1H3. The molecule has 6 heteroatoms. The molecule has 0 N–H and O–H groups in total. The molecule has 5 rings (SSSR count). The lowest BCUT2D eigenvalue weighted by molar-refractivity contribution is 0.271. The third-order valence-corrected chi connectivity index (χ3v) is 7.16. The van der Waals surface area contributed by atoms with Crippen LogP contribution in [0.15, 0.2) is 48.7 Å². The zero-order valence-corrected chi connectivity index (χ0v) is 18.4. The average molecular weight is 420 g/mol. The summed E-state index contributed by atoms with van der Waals surface area (Å²) < 4.78 is 0. The van der Waals surface area contributed by atoms with E-state index in [4.69, 9.17) is 9.97 Å². The van der Waals surface area contributed by atoms with E-state index < -0.39 is 0 Å². The molecule has 0 unspecified atom stereocenters. The molecular weight excluding hydrogens is 390 g/mol. The number of fused-ring (bicyclic) bond motifs is 1. The maximum Gasteiger partial charge on any atom is 0.137 e. The Kier molecular flexibility index (Phi) is 5.77. The number of nitrogens with zero attached hydrogens (tertiary/aromatic N) is 5. The Morgan fingerprint density at radius 2 is 1.70 bits per heavy atom. The lowest BCUT2D eigenvalue weighted by Gasteiger charge is -2.35. The number of likely N-dealkylation sites (N-methyl/N-ethyl adjacent to an activating group) is 1. The second kappa shape index (κ2) is 8.82. The third kappa shape index (κ3) is 3.98. The van der Waals surface area contributed by atoms with Crippen molar-refractivity contribution in [2.75, 3.05) is 67.1 Å². The van der Waals surface area contributed by atoms with Gasteiger partial charge in [0.1, 0.15) is 11.6 Å². The first-order chi connectivity index (χ1) is 14.8. The number of piperazine rings is 1. The highest BCUT2D eigenvalue weighted by Crippen LogP contribution is 2.31. The van der Waals surface area contributed by atoms with E-state index in [2.05, 4.69) is 64.1 Å². The van der Waals surface area contributed by atoms with Gasteiger partial charge in [-0.1, -0.05) is 31.2 Å². The lowest BCUT2D eigenvalue weighted by Crippen LogP contribution is -2.46. The van der Waals surface area contributed by atoms with E-state index in [0.29, 0.717) is 0 Å². The molecule has 5 nitrogen and oxygen atoms in total. The van der Waals surface area contributed by atoms with Gasteiger partial charge >= 0.3 is 0 Å². The molecule has 2 aliphatic heterocycles. The minimum atomic E-state index is 1.01. The number of hydrogen-bond donors (Lipinski definition) is 0. The fraction of sp³-hybridized carbons (Fsp3) is 0.417. The Bertz CT molecular complexity index is 992. The van der Waals surface area contributed by atoms with Crippen molar-refractivity contribution >= 4 is 34.2 Å². The SMILES string of the molecule is CCN1CCN(c2nc(-c3ccc(N4CCSCC4)nc3)cc3ccccc23)CC1. The molecule has 30 heavy (non-hydrogen) atoms. The summed E-state index contributed by atoms with van der Waals surface area (Å²) in [5.41, 5.74) is 2.10. The first kappa shape index (κ1) is 19.6. The lowest BCUT2D eigenvalue weighted by atomic mass is 10.1. The summed E-state index contributed by atoms with van der Waals surface area (Å²) in [6.07, 6.45) is 1.99. The van der Waals surface area contributed by atoms with Gasteiger partial charge in [-0.05, 0) is 30.1 Å².